The highest BCUT2D eigenvalue weighted by Crippen LogP contribution is 2.53. The summed E-state index contributed by atoms with van der Waals surface area (Å²) in [5.41, 5.74) is 1.58. The monoisotopic (exact) mass is 358 g/mol. The molecule has 1 saturated carbocycles. The van der Waals surface area contributed by atoms with Gasteiger partial charge in [0.15, 0.2) is 0 Å². The van der Waals surface area contributed by atoms with Crippen molar-refractivity contribution in [3.8, 4) is 0 Å². The molecule has 1 aliphatic heterocycles. The van der Waals surface area contributed by atoms with Gasteiger partial charge in [-0.1, -0.05) is 36.4 Å². The summed E-state index contributed by atoms with van der Waals surface area (Å²) in [6, 6.07) is 15.9. The second kappa shape index (κ2) is 5.91. The highest BCUT2D eigenvalue weighted by Gasteiger charge is 2.59. The molecule has 1 heterocycles. The van der Waals surface area contributed by atoms with Gasteiger partial charge < -0.3 is 5.32 Å². The molecule has 27 heavy (non-hydrogen) atoms. The summed E-state index contributed by atoms with van der Waals surface area (Å²) in [7, 11) is 0. The second-order valence-corrected chi connectivity index (χ2v) is 7.38. The molecular weight excluding hydrogens is 340 g/mol. The first-order chi connectivity index (χ1) is 13.1. The van der Waals surface area contributed by atoms with Crippen LogP contribution in [-0.2, 0) is 9.59 Å². The first-order valence-electron chi connectivity index (χ1n) is 9.16. The SMILES string of the molecule is O=C(Nc1ccccc1)c1cccc(N2C(=O)[C@@H]3[C@H](C2=O)[C@H]2C=C[C@@H]3C2)c1. The minimum absolute atomic E-state index is 0.137. The number of hydrogen-bond acceptors (Lipinski definition) is 3. The number of nitrogens with zero attached hydrogens (tertiary/aromatic N) is 1. The van der Waals surface area contributed by atoms with Gasteiger partial charge in [-0.15, -0.1) is 0 Å². The number of carbonyl (C=O) groups excluding carboxylic acids is 3. The number of amides is 3. The van der Waals surface area contributed by atoms with Gasteiger partial charge in [-0.25, -0.2) is 4.90 Å². The quantitative estimate of drug-likeness (QED) is 0.677. The van der Waals surface area contributed by atoms with Crippen molar-refractivity contribution < 1.29 is 14.4 Å². The van der Waals surface area contributed by atoms with Crippen LogP contribution in [0, 0.1) is 23.7 Å². The van der Waals surface area contributed by atoms with Crippen LogP contribution in [0.4, 0.5) is 11.4 Å². The summed E-state index contributed by atoms with van der Waals surface area (Å²) < 4.78 is 0. The molecule has 3 amide bonds. The zero-order valence-electron chi connectivity index (χ0n) is 14.5. The lowest BCUT2D eigenvalue weighted by Gasteiger charge is -2.18. The fourth-order valence-electron chi connectivity index (χ4n) is 4.67. The summed E-state index contributed by atoms with van der Waals surface area (Å²) in [5, 5.41) is 2.83. The van der Waals surface area contributed by atoms with Crippen LogP contribution < -0.4 is 10.2 Å². The van der Waals surface area contributed by atoms with E-state index >= 15 is 0 Å². The van der Waals surface area contributed by atoms with Crippen molar-refractivity contribution in [3.05, 3.63) is 72.3 Å². The molecule has 2 fully saturated rings. The fourth-order valence-corrected chi connectivity index (χ4v) is 4.67. The van der Waals surface area contributed by atoms with E-state index in [0.29, 0.717) is 16.9 Å². The number of anilines is 2. The number of nitrogens with one attached hydrogen (secondary N) is 1. The van der Waals surface area contributed by atoms with Crippen molar-refractivity contribution in [1.29, 1.82) is 0 Å². The lowest BCUT2D eigenvalue weighted by Crippen LogP contribution is -2.33. The maximum atomic E-state index is 12.9. The number of carbonyl (C=O) groups is 3. The molecule has 0 radical (unpaired) electrons. The van der Waals surface area contributed by atoms with Crippen LogP contribution in [0.5, 0.6) is 0 Å². The van der Waals surface area contributed by atoms with Gasteiger partial charge in [-0.05, 0) is 48.6 Å². The van der Waals surface area contributed by atoms with Gasteiger partial charge in [0.1, 0.15) is 0 Å². The third-order valence-electron chi connectivity index (χ3n) is 5.87. The van der Waals surface area contributed by atoms with Crippen LogP contribution >= 0.6 is 0 Å². The highest BCUT2D eigenvalue weighted by molar-refractivity contribution is 6.23. The van der Waals surface area contributed by atoms with Gasteiger partial charge in [-0.3, -0.25) is 14.4 Å². The minimum Gasteiger partial charge on any atom is -0.322 e. The number of para-hydroxylation sites is 1. The van der Waals surface area contributed by atoms with E-state index < -0.39 is 0 Å². The molecule has 5 rings (SSSR count). The molecule has 2 aliphatic carbocycles. The molecule has 0 unspecified atom stereocenters. The van der Waals surface area contributed by atoms with E-state index in [0.717, 1.165) is 6.42 Å². The highest BCUT2D eigenvalue weighted by atomic mass is 16.2. The Morgan fingerprint density at radius 1 is 0.889 bits per heavy atom. The molecule has 0 spiro atoms. The van der Waals surface area contributed by atoms with Crippen molar-refractivity contribution in [1.82, 2.24) is 0 Å². The molecule has 134 valence electrons. The van der Waals surface area contributed by atoms with Gasteiger partial charge in [0.2, 0.25) is 11.8 Å². The van der Waals surface area contributed by atoms with E-state index in [2.05, 4.69) is 17.5 Å². The molecule has 1 N–H and O–H groups in total. The minimum atomic E-state index is -0.274. The Kier molecular flexibility index (Phi) is 3.50. The van der Waals surface area contributed by atoms with Gasteiger partial charge in [0, 0.05) is 11.3 Å². The Labute approximate surface area is 156 Å². The molecule has 4 atom stereocenters. The van der Waals surface area contributed by atoms with E-state index in [1.54, 1.807) is 36.4 Å². The Bertz CT molecular complexity index is 952. The van der Waals surface area contributed by atoms with E-state index in [4.69, 9.17) is 0 Å². The van der Waals surface area contributed by atoms with Crippen LogP contribution in [0.1, 0.15) is 16.8 Å². The molecule has 2 aromatic rings. The molecule has 2 aromatic carbocycles. The van der Waals surface area contributed by atoms with Crippen LogP contribution in [0.3, 0.4) is 0 Å². The number of fused-ring (bicyclic) bond motifs is 5. The number of benzene rings is 2. The average molecular weight is 358 g/mol. The van der Waals surface area contributed by atoms with E-state index in [-0.39, 0.29) is 41.4 Å². The Balaban J connectivity index is 1.42. The van der Waals surface area contributed by atoms with Crippen LogP contribution in [0.15, 0.2) is 66.7 Å². The van der Waals surface area contributed by atoms with Gasteiger partial charge in [0.25, 0.3) is 5.91 Å². The summed E-state index contributed by atoms with van der Waals surface area (Å²) >= 11 is 0. The molecule has 5 heteroatoms. The molecule has 3 aliphatic rings. The Morgan fingerprint density at radius 3 is 2.22 bits per heavy atom. The summed E-state index contributed by atoms with van der Waals surface area (Å²) in [4.78, 5) is 39.7. The van der Waals surface area contributed by atoms with Crippen molar-refractivity contribution >= 4 is 29.1 Å². The number of rotatable bonds is 3. The van der Waals surface area contributed by atoms with E-state index in [9.17, 15) is 14.4 Å². The van der Waals surface area contributed by atoms with Crippen LogP contribution in [-0.4, -0.2) is 17.7 Å². The van der Waals surface area contributed by atoms with Crippen LogP contribution in [0.25, 0.3) is 0 Å². The maximum absolute atomic E-state index is 12.9. The Hall–Kier alpha value is -3.21. The largest absolute Gasteiger partial charge is 0.322 e. The number of imide groups is 1. The predicted molar refractivity (Wildman–Crippen MR) is 101 cm³/mol. The number of hydrogen-bond donors (Lipinski definition) is 1. The maximum Gasteiger partial charge on any atom is 0.255 e. The zero-order chi connectivity index (χ0) is 18.5. The van der Waals surface area contributed by atoms with Gasteiger partial charge in [-0.2, -0.15) is 0 Å². The molecular formula is C22H18N2O3. The standard InChI is InChI=1S/C22H18N2O3/c25-20(23-16-6-2-1-3-7-16)15-5-4-8-17(12-15)24-21(26)18-13-9-10-14(11-13)19(18)22(24)27/h1-10,12-14,18-19H,11H2,(H,23,25)/t13-,14+,18+,19-. The molecule has 0 aromatic heterocycles. The molecule has 1 saturated heterocycles. The first-order valence-corrected chi connectivity index (χ1v) is 9.16. The normalized spacial score (nSPS) is 27.9. The van der Waals surface area contributed by atoms with Crippen molar-refractivity contribution in [2.45, 2.75) is 6.42 Å². The molecule has 5 nitrogen and oxygen atoms in total. The lowest BCUT2D eigenvalue weighted by molar-refractivity contribution is -0.123. The van der Waals surface area contributed by atoms with Crippen molar-refractivity contribution in [2.24, 2.45) is 23.7 Å². The second-order valence-electron chi connectivity index (χ2n) is 7.38. The topological polar surface area (TPSA) is 66.5 Å². The average Bonchev–Trinajstić information content (AvgIpc) is 3.36. The van der Waals surface area contributed by atoms with Crippen molar-refractivity contribution in [2.75, 3.05) is 10.2 Å². The Morgan fingerprint density at radius 2 is 1.56 bits per heavy atom. The first kappa shape index (κ1) is 16.0. The third kappa shape index (κ3) is 2.42. The predicted octanol–water partition coefficient (Wildman–Crippen LogP) is 3.25. The molecule has 2 bridgehead atoms. The van der Waals surface area contributed by atoms with E-state index in [1.807, 2.05) is 18.2 Å². The summed E-state index contributed by atoms with van der Waals surface area (Å²) in [6.45, 7) is 0. The fraction of sp³-hybridized carbons (Fsp3) is 0.227. The van der Waals surface area contributed by atoms with E-state index in [1.165, 1.54) is 4.90 Å². The van der Waals surface area contributed by atoms with Gasteiger partial charge in [0.05, 0.1) is 17.5 Å². The van der Waals surface area contributed by atoms with Crippen LogP contribution in [0.2, 0.25) is 0 Å². The van der Waals surface area contributed by atoms with Crippen molar-refractivity contribution in [3.63, 3.8) is 0 Å². The summed E-state index contributed by atoms with van der Waals surface area (Å²) in [6.07, 6.45) is 5.05. The zero-order valence-corrected chi connectivity index (χ0v) is 14.5. The smallest absolute Gasteiger partial charge is 0.255 e. The lowest BCUT2D eigenvalue weighted by atomic mass is 9.85. The third-order valence-corrected chi connectivity index (χ3v) is 5.87. The van der Waals surface area contributed by atoms with Gasteiger partial charge >= 0.3 is 0 Å². The summed E-state index contributed by atoms with van der Waals surface area (Å²) in [5.74, 6) is -0.686. The number of allylic oxidation sites excluding steroid dienone is 2.